The molecule has 0 aromatic rings. The van der Waals surface area contributed by atoms with Gasteiger partial charge in [0.25, 0.3) is 0 Å². The maximum absolute atomic E-state index is 5.99. The molecule has 100 valence electrons. The fourth-order valence-corrected chi connectivity index (χ4v) is 8.29. The molecule has 0 spiro atoms. The molecule has 3 heteroatoms. The molecule has 3 atom stereocenters. The van der Waals surface area contributed by atoms with Crippen molar-refractivity contribution in [2.45, 2.75) is 57.5 Å². The molecule has 17 heavy (non-hydrogen) atoms. The molecule has 2 bridgehead atoms. The number of fused-ring (bicyclic) bond motifs is 2. The molecule has 2 fully saturated rings. The molecule has 2 aliphatic carbocycles. The zero-order valence-corrected chi connectivity index (χ0v) is 12.9. The number of rotatable bonds is 6. The smallest absolute Gasteiger partial charge is 0.341 e. The Morgan fingerprint density at radius 1 is 1.12 bits per heavy atom. The summed E-state index contributed by atoms with van der Waals surface area (Å²) in [5, 5.41) is 0. The molecular weight excluding hydrogens is 228 g/mol. The third kappa shape index (κ3) is 2.61. The van der Waals surface area contributed by atoms with Crippen molar-refractivity contribution in [1.29, 1.82) is 0 Å². The summed E-state index contributed by atoms with van der Waals surface area (Å²) in [5.74, 6) is 2.66. The van der Waals surface area contributed by atoms with E-state index in [9.17, 15) is 0 Å². The number of hydrogen-bond donors (Lipinski definition) is 0. The summed E-state index contributed by atoms with van der Waals surface area (Å²) in [7, 11) is 1.86. The van der Waals surface area contributed by atoms with E-state index in [1.54, 1.807) is 0 Å². The maximum Gasteiger partial charge on any atom is 0.341 e. The molecule has 0 N–H and O–H groups in total. The molecule has 2 rings (SSSR count). The monoisotopic (exact) mass is 256 g/mol. The van der Waals surface area contributed by atoms with Gasteiger partial charge in [-0.15, -0.1) is 0 Å². The maximum atomic E-state index is 5.99. The molecule has 0 radical (unpaired) electrons. The molecule has 2 aliphatic rings. The Labute approximate surface area is 107 Å². The van der Waals surface area contributed by atoms with Crippen molar-refractivity contribution in [2.75, 3.05) is 14.2 Å². The lowest BCUT2D eigenvalue weighted by Gasteiger charge is -2.38. The first-order chi connectivity index (χ1) is 8.11. The lowest BCUT2D eigenvalue weighted by molar-refractivity contribution is 0.209. The SMILES string of the molecule is CO[Si](CCC(C)C)(OC)C1CC2CCC1C2. The van der Waals surface area contributed by atoms with Gasteiger partial charge >= 0.3 is 8.56 Å². The first-order valence-electron chi connectivity index (χ1n) is 7.21. The van der Waals surface area contributed by atoms with Gasteiger partial charge in [-0.05, 0) is 43.1 Å². The van der Waals surface area contributed by atoms with Crippen LogP contribution in [0.5, 0.6) is 0 Å². The van der Waals surface area contributed by atoms with Gasteiger partial charge in [0, 0.05) is 19.8 Å². The Hall–Kier alpha value is 0.137. The lowest BCUT2D eigenvalue weighted by atomic mass is 10.0. The van der Waals surface area contributed by atoms with E-state index in [0.29, 0.717) is 0 Å². The Bertz CT molecular complexity index is 251. The summed E-state index contributed by atoms with van der Waals surface area (Å²) in [6.07, 6.45) is 6.98. The third-order valence-corrected chi connectivity index (χ3v) is 9.27. The van der Waals surface area contributed by atoms with E-state index in [2.05, 4.69) is 13.8 Å². The van der Waals surface area contributed by atoms with E-state index in [0.717, 1.165) is 23.3 Å². The zero-order chi connectivity index (χ0) is 12.5. The van der Waals surface area contributed by atoms with Crippen LogP contribution in [0.15, 0.2) is 0 Å². The molecule has 0 aromatic heterocycles. The molecule has 0 saturated heterocycles. The normalized spacial score (nSPS) is 32.6. The van der Waals surface area contributed by atoms with Crippen LogP contribution in [0.1, 0.15) is 46.0 Å². The van der Waals surface area contributed by atoms with Crippen molar-refractivity contribution >= 4 is 8.56 Å². The van der Waals surface area contributed by atoms with Crippen molar-refractivity contribution in [1.82, 2.24) is 0 Å². The zero-order valence-electron chi connectivity index (χ0n) is 11.9. The summed E-state index contributed by atoms with van der Waals surface area (Å²) in [4.78, 5) is 0. The molecule has 2 saturated carbocycles. The Morgan fingerprint density at radius 2 is 1.82 bits per heavy atom. The highest BCUT2D eigenvalue weighted by Gasteiger charge is 2.54. The van der Waals surface area contributed by atoms with Gasteiger partial charge in [-0.25, -0.2) is 0 Å². The average molecular weight is 256 g/mol. The van der Waals surface area contributed by atoms with Gasteiger partial charge in [-0.1, -0.05) is 26.7 Å². The van der Waals surface area contributed by atoms with E-state index < -0.39 is 8.56 Å². The van der Waals surface area contributed by atoms with Gasteiger partial charge in [-0.3, -0.25) is 0 Å². The first kappa shape index (κ1) is 13.6. The van der Waals surface area contributed by atoms with Gasteiger partial charge in [0.1, 0.15) is 0 Å². The van der Waals surface area contributed by atoms with E-state index in [4.69, 9.17) is 8.85 Å². The quantitative estimate of drug-likeness (QED) is 0.670. The van der Waals surface area contributed by atoms with Crippen LogP contribution in [-0.2, 0) is 8.85 Å². The van der Waals surface area contributed by atoms with Gasteiger partial charge in [0.2, 0.25) is 0 Å². The van der Waals surface area contributed by atoms with Crippen molar-refractivity contribution in [3.05, 3.63) is 0 Å². The minimum atomic E-state index is -1.93. The molecule has 2 nitrogen and oxygen atoms in total. The topological polar surface area (TPSA) is 18.5 Å². The fraction of sp³-hybridized carbons (Fsp3) is 1.00. The molecule has 3 unspecified atom stereocenters. The van der Waals surface area contributed by atoms with Crippen LogP contribution in [-0.4, -0.2) is 22.8 Å². The summed E-state index contributed by atoms with van der Waals surface area (Å²) >= 11 is 0. The van der Waals surface area contributed by atoms with E-state index in [1.165, 1.54) is 38.1 Å². The second kappa shape index (κ2) is 5.41. The van der Waals surface area contributed by atoms with Gasteiger partial charge in [0.15, 0.2) is 0 Å². The summed E-state index contributed by atoms with van der Waals surface area (Å²) < 4.78 is 12.0. The third-order valence-electron chi connectivity index (χ3n) is 5.06. The van der Waals surface area contributed by atoms with Crippen molar-refractivity contribution in [2.24, 2.45) is 17.8 Å². The first-order valence-corrected chi connectivity index (χ1v) is 9.31. The summed E-state index contributed by atoms with van der Waals surface area (Å²) in [6.45, 7) is 4.59. The van der Waals surface area contributed by atoms with E-state index in [1.807, 2.05) is 14.2 Å². The predicted octanol–water partition coefficient (Wildman–Crippen LogP) is 3.96. The van der Waals surface area contributed by atoms with E-state index in [-0.39, 0.29) is 0 Å². The van der Waals surface area contributed by atoms with Crippen LogP contribution in [0.3, 0.4) is 0 Å². The molecule has 0 heterocycles. The highest BCUT2D eigenvalue weighted by molar-refractivity contribution is 6.69. The lowest BCUT2D eigenvalue weighted by Crippen LogP contribution is -2.47. The highest BCUT2D eigenvalue weighted by Crippen LogP contribution is 2.56. The van der Waals surface area contributed by atoms with Crippen LogP contribution in [0.4, 0.5) is 0 Å². The Kier molecular flexibility index (Phi) is 4.32. The minimum Gasteiger partial charge on any atom is -0.397 e. The molecular formula is C14H28O2Si. The molecule has 0 aliphatic heterocycles. The fourth-order valence-electron chi connectivity index (χ4n) is 4.05. The second-order valence-electron chi connectivity index (χ2n) is 6.43. The summed E-state index contributed by atoms with van der Waals surface area (Å²) in [6, 6.07) is 1.19. The van der Waals surface area contributed by atoms with Gasteiger partial charge in [-0.2, -0.15) is 0 Å². The van der Waals surface area contributed by atoms with Crippen molar-refractivity contribution in [3.63, 3.8) is 0 Å². The van der Waals surface area contributed by atoms with Crippen molar-refractivity contribution < 1.29 is 8.85 Å². The predicted molar refractivity (Wildman–Crippen MR) is 73.2 cm³/mol. The molecule has 0 aromatic carbocycles. The Morgan fingerprint density at radius 3 is 2.24 bits per heavy atom. The highest BCUT2D eigenvalue weighted by atomic mass is 28.4. The summed E-state index contributed by atoms with van der Waals surface area (Å²) in [5.41, 5.74) is 0.773. The standard InChI is InChI=1S/C14H28O2Si/c1-11(2)7-8-17(15-3,16-4)14-10-12-5-6-13(14)9-12/h11-14H,5-10H2,1-4H3. The van der Waals surface area contributed by atoms with Crippen LogP contribution in [0, 0.1) is 17.8 Å². The van der Waals surface area contributed by atoms with Gasteiger partial charge in [0.05, 0.1) is 0 Å². The van der Waals surface area contributed by atoms with E-state index >= 15 is 0 Å². The van der Waals surface area contributed by atoms with Crippen LogP contribution < -0.4 is 0 Å². The average Bonchev–Trinajstić information content (AvgIpc) is 2.93. The second-order valence-corrected chi connectivity index (χ2v) is 10.1. The largest absolute Gasteiger partial charge is 0.397 e. The van der Waals surface area contributed by atoms with Crippen LogP contribution >= 0.6 is 0 Å². The van der Waals surface area contributed by atoms with Crippen LogP contribution in [0.25, 0.3) is 0 Å². The van der Waals surface area contributed by atoms with Crippen LogP contribution in [0.2, 0.25) is 11.6 Å². The van der Waals surface area contributed by atoms with Crippen molar-refractivity contribution in [3.8, 4) is 0 Å². The Balaban J connectivity index is 2.05. The van der Waals surface area contributed by atoms with Gasteiger partial charge < -0.3 is 8.85 Å². The number of hydrogen-bond acceptors (Lipinski definition) is 2. The molecule has 0 amide bonds. The minimum absolute atomic E-state index is 0.755.